The zero-order valence-corrected chi connectivity index (χ0v) is 24.0. The van der Waals surface area contributed by atoms with Crippen LogP contribution in [0.2, 0.25) is 0 Å². The first-order valence-electron chi connectivity index (χ1n) is 13.3. The quantitative estimate of drug-likeness (QED) is 0.267. The van der Waals surface area contributed by atoms with Gasteiger partial charge in [-0.3, -0.25) is 9.78 Å². The summed E-state index contributed by atoms with van der Waals surface area (Å²) in [5.41, 5.74) is 9.87. The summed E-state index contributed by atoms with van der Waals surface area (Å²) in [6, 6.07) is 22.2. The summed E-state index contributed by atoms with van der Waals surface area (Å²) in [6.07, 6.45) is 2.13. The van der Waals surface area contributed by atoms with E-state index in [-0.39, 0.29) is 18.0 Å². The average molecular weight is 538 g/mol. The molecule has 1 aliphatic heterocycles. The van der Waals surface area contributed by atoms with Gasteiger partial charge >= 0.3 is 0 Å². The van der Waals surface area contributed by atoms with Crippen LogP contribution in [0.5, 0.6) is 0 Å². The molecule has 0 radical (unpaired) electrons. The van der Waals surface area contributed by atoms with Crippen LogP contribution in [0.15, 0.2) is 72.9 Å². The smallest absolute Gasteiger partial charge is 0.226 e. The molecule has 7 heteroatoms. The average Bonchev–Trinajstić information content (AvgIpc) is 3.37. The normalized spacial score (nSPS) is 16.8. The molecule has 0 aliphatic carbocycles. The maximum Gasteiger partial charge on any atom is 0.226 e. The summed E-state index contributed by atoms with van der Waals surface area (Å²) in [4.78, 5) is 19.9. The van der Waals surface area contributed by atoms with Crippen molar-refractivity contribution in [3.8, 4) is 5.69 Å². The van der Waals surface area contributed by atoms with E-state index in [1.807, 2.05) is 56.4 Å². The molecule has 3 heterocycles. The monoisotopic (exact) mass is 537 g/mol. The Morgan fingerprint density at radius 1 is 0.974 bits per heavy atom. The highest BCUT2D eigenvalue weighted by molar-refractivity contribution is 7.80. The van der Waals surface area contributed by atoms with Gasteiger partial charge in [-0.2, -0.15) is 0 Å². The standard InChI is InChI=1S/C32H35N5OS/c1-20-14-15-21(2)27(19-20)34-28(38)16-18-36-31(30(35-32(36)39)26-13-9-10-17-33-26)29-22(3)23(4)37(24(29)5)25-11-7-6-8-12-25/h6-15,17,19,30-31H,16,18H2,1-5H3,(H,34,38)(H,35,39)/t30-,31-/m1/s1. The number of thiocarbonyl (C=S) groups is 1. The number of rotatable bonds is 7. The van der Waals surface area contributed by atoms with Crippen molar-refractivity contribution >= 4 is 28.9 Å². The van der Waals surface area contributed by atoms with Crippen LogP contribution in [-0.4, -0.2) is 32.0 Å². The second-order valence-electron chi connectivity index (χ2n) is 10.3. The van der Waals surface area contributed by atoms with E-state index in [2.05, 4.69) is 76.2 Å². The zero-order valence-electron chi connectivity index (χ0n) is 23.2. The molecule has 39 heavy (non-hydrogen) atoms. The summed E-state index contributed by atoms with van der Waals surface area (Å²) in [5.74, 6) is -0.0296. The van der Waals surface area contributed by atoms with Crippen LogP contribution >= 0.6 is 12.2 Å². The second kappa shape index (κ2) is 11.0. The molecule has 0 saturated carbocycles. The lowest BCUT2D eigenvalue weighted by atomic mass is 9.93. The van der Waals surface area contributed by atoms with Gasteiger partial charge in [0.2, 0.25) is 5.91 Å². The maximum absolute atomic E-state index is 13.1. The van der Waals surface area contributed by atoms with Gasteiger partial charge in [-0.1, -0.05) is 36.4 Å². The van der Waals surface area contributed by atoms with Crippen molar-refractivity contribution in [2.45, 2.75) is 53.1 Å². The SMILES string of the molecule is Cc1ccc(C)c(NC(=O)CCN2C(=S)N[C@H](c3ccccn3)[C@H]2c2c(C)c(C)n(-c3ccccc3)c2C)c1. The fourth-order valence-electron chi connectivity index (χ4n) is 5.67. The van der Waals surface area contributed by atoms with Crippen molar-refractivity contribution in [3.63, 3.8) is 0 Å². The molecule has 1 amide bonds. The highest BCUT2D eigenvalue weighted by atomic mass is 32.1. The van der Waals surface area contributed by atoms with Crippen LogP contribution in [0, 0.1) is 34.6 Å². The Labute approximate surface area is 236 Å². The van der Waals surface area contributed by atoms with Crippen LogP contribution in [0.1, 0.15) is 57.8 Å². The molecule has 5 rings (SSSR count). The Morgan fingerprint density at radius 2 is 1.72 bits per heavy atom. The molecule has 6 nitrogen and oxygen atoms in total. The van der Waals surface area contributed by atoms with Crippen LogP contribution in [0.4, 0.5) is 5.69 Å². The summed E-state index contributed by atoms with van der Waals surface area (Å²) in [7, 11) is 0. The number of benzene rings is 2. The molecule has 200 valence electrons. The Kier molecular flexibility index (Phi) is 7.53. The van der Waals surface area contributed by atoms with Gasteiger partial charge in [0.1, 0.15) is 0 Å². The van der Waals surface area contributed by atoms with Gasteiger partial charge in [-0.15, -0.1) is 0 Å². The van der Waals surface area contributed by atoms with Crippen LogP contribution in [0.3, 0.4) is 0 Å². The van der Waals surface area contributed by atoms with Gasteiger partial charge in [0.25, 0.3) is 0 Å². The predicted octanol–water partition coefficient (Wildman–Crippen LogP) is 6.42. The molecule has 4 aromatic rings. The highest BCUT2D eigenvalue weighted by Crippen LogP contribution is 2.43. The third-order valence-electron chi connectivity index (χ3n) is 7.76. The molecule has 1 aliphatic rings. The summed E-state index contributed by atoms with van der Waals surface area (Å²) >= 11 is 5.88. The molecule has 2 atom stereocenters. The van der Waals surface area contributed by atoms with Crippen LogP contribution in [0.25, 0.3) is 5.69 Å². The Balaban J connectivity index is 1.50. The molecule has 2 N–H and O–H groups in total. The molecule has 1 saturated heterocycles. The number of para-hydroxylation sites is 1. The van der Waals surface area contributed by atoms with E-state index < -0.39 is 0 Å². The van der Waals surface area contributed by atoms with Crippen LogP contribution < -0.4 is 10.6 Å². The summed E-state index contributed by atoms with van der Waals surface area (Å²) < 4.78 is 2.31. The number of carbonyl (C=O) groups is 1. The molecular weight excluding hydrogens is 502 g/mol. The number of amides is 1. The van der Waals surface area contributed by atoms with Crippen molar-refractivity contribution in [3.05, 3.63) is 112 Å². The number of anilines is 1. The number of aromatic nitrogens is 2. The van der Waals surface area contributed by atoms with E-state index in [1.54, 1.807) is 0 Å². The number of nitrogens with zero attached hydrogens (tertiary/aromatic N) is 3. The van der Waals surface area contributed by atoms with Gasteiger partial charge in [0, 0.05) is 47.5 Å². The Bertz CT molecular complexity index is 1510. The van der Waals surface area contributed by atoms with Gasteiger partial charge in [-0.25, -0.2) is 0 Å². The van der Waals surface area contributed by atoms with E-state index in [1.165, 1.54) is 22.5 Å². The number of nitrogens with one attached hydrogen (secondary N) is 2. The topological polar surface area (TPSA) is 62.2 Å². The molecule has 0 spiro atoms. The van der Waals surface area contributed by atoms with Crippen molar-refractivity contribution in [1.82, 2.24) is 19.8 Å². The van der Waals surface area contributed by atoms with Crippen molar-refractivity contribution < 1.29 is 4.79 Å². The van der Waals surface area contributed by atoms with Crippen molar-refractivity contribution in [2.24, 2.45) is 0 Å². The summed E-state index contributed by atoms with van der Waals surface area (Å²) in [6.45, 7) is 11.0. The van der Waals surface area contributed by atoms with Gasteiger partial charge in [0.15, 0.2) is 5.11 Å². The van der Waals surface area contributed by atoms with E-state index in [0.29, 0.717) is 18.1 Å². The Hall–Kier alpha value is -3.97. The molecule has 2 aromatic carbocycles. The first-order chi connectivity index (χ1) is 18.8. The van der Waals surface area contributed by atoms with E-state index >= 15 is 0 Å². The predicted molar refractivity (Wildman–Crippen MR) is 161 cm³/mol. The summed E-state index contributed by atoms with van der Waals surface area (Å²) in [5, 5.41) is 7.27. The number of carbonyl (C=O) groups excluding carboxylic acids is 1. The Morgan fingerprint density at radius 3 is 2.44 bits per heavy atom. The number of hydrogen-bond donors (Lipinski definition) is 2. The minimum atomic E-state index is -0.135. The molecule has 1 fully saturated rings. The van der Waals surface area contributed by atoms with Crippen molar-refractivity contribution in [1.29, 1.82) is 0 Å². The third-order valence-corrected chi connectivity index (χ3v) is 8.11. The third kappa shape index (κ3) is 5.19. The molecule has 0 bridgehead atoms. The van der Waals surface area contributed by atoms with Crippen LogP contribution in [-0.2, 0) is 4.79 Å². The van der Waals surface area contributed by atoms with E-state index in [4.69, 9.17) is 12.2 Å². The molecule has 0 unspecified atom stereocenters. The van der Waals surface area contributed by atoms with E-state index in [9.17, 15) is 4.79 Å². The van der Waals surface area contributed by atoms with Gasteiger partial charge in [-0.05, 0) is 93.9 Å². The molecule has 2 aromatic heterocycles. The lowest BCUT2D eigenvalue weighted by Gasteiger charge is -2.29. The number of aryl methyl sites for hydroxylation is 2. The number of hydrogen-bond acceptors (Lipinski definition) is 3. The van der Waals surface area contributed by atoms with Gasteiger partial charge in [0.05, 0.1) is 17.8 Å². The first-order valence-corrected chi connectivity index (χ1v) is 13.8. The molecular formula is C32H35N5OS. The number of pyridine rings is 1. The van der Waals surface area contributed by atoms with Gasteiger partial charge < -0.3 is 20.1 Å². The zero-order chi connectivity index (χ0) is 27.7. The maximum atomic E-state index is 13.1. The fraction of sp³-hybridized carbons (Fsp3) is 0.281. The first kappa shape index (κ1) is 26.6. The largest absolute Gasteiger partial charge is 0.352 e. The lowest BCUT2D eigenvalue weighted by Crippen LogP contribution is -2.33. The fourth-order valence-corrected chi connectivity index (χ4v) is 6.00. The minimum absolute atomic E-state index is 0.0296. The second-order valence-corrected chi connectivity index (χ2v) is 10.7. The van der Waals surface area contributed by atoms with Crippen molar-refractivity contribution in [2.75, 3.05) is 11.9 Å². The highest BCUT2D eigenvalue weighted by Gasteiger charge is 2.42. The lowest BCUT2D eigenvalue weighted by molar-refractivity contribution is -0.116. The minimum Gasteiger partial charge on any atom is -0.352 e. The van der Waals surface area contributed by atoms with E-state index in [0.717, 1.165) is 28.2 Å².